The number of amides is 1. The van der Waals surface area contributed by atoms with E-state index in [1.807, 2.05) is 0 Å². The van der Waals surface area contributed by atoms with E-state index in [4.69, 9.17) is 0 Å². The molecule has 1 amide bonds. The summed E-state index contributed by atoms with van der Waals surface area (Å²) in [5, 5.41) is 0. The number of alkyl halides is 17. The molecule has 0 unspecified atom stereocenters. The number of likely N-dealkylation sites (N-methyl/N-ethyl adjacent to an activating group) is 1. The maximum atomic E-state index is 13.7. The number of rotatable bonds is 12. The Morgan fingerprint density at radius 2 is 0.971 bits per heavy atom. The lowest BCUT2D eigenvalue weighted by atomic mass is 9.88. The average molecular weight is 559 g/mol. The van der Waals surface area contributed by atoms with Gasteiger partial charge in [-0.05, 0) is 18.9 Å². The van der Waals surface area contributed by atoms with Crippen LogP contribution in [-0.4, -0.2) is 72.0 Å². The maximum absolute atomic E-state index is 13.7. The Balaban J connectivity index is 6.12. The molecule has 0 atom stereocenters. The Hall–Kier alpha value is -1.98. The number of hydrogen-bond donors (Lipinski definition) is 0. The molecule has 0 bridgehead atoms. The first-order valence-corrected chi connectivity index (χ1v) is 8.70. The van der Waals surface area contributed by atoms with Crippen molar-refractivity contribution >= 4 is 5.91 Å². The van der Waals surface area contributed by atoms with Crippen LogP contribution in [0.15, 0.2) is 12.7 Å². The Kier molecular flexibility index (Phi) is 8.94. The number of halogens is 17. The van der Waals surface area contributed by atoms with E-state index in [1.165, 1.54) is 0 Å². The van der Waals surface area contributed by atoms with Crippen LogP contribution in [0.4, 0.5) is 74.6 Å². The van der Waals surface area contributed by atoms with Gasteiger partial charge in [0.05, 0.1) is 0 Å². The van der Waals surface area contributed by atoms with Gasteiger partial charge in [-0.2, -0.15) is 74.6 Å². The van der Waals surface area contributed by atoms with Gasteiger partial charge in [0.25, 0.3) is 0 Å². The molecule has 0 aliphatic heterocycles. The second-order valence-electron chi connectivity index (χ2n) is 7.07. The van der Waals surface area contributed by atoms with Crippen LogP contribution in [0.2, 0.25) is 0 Å². The SMILES string of the molecule is C=CC(=O)N(C)CCCCC(F)(F)C(F)(F)C(F)(F)C(F)(F)C(F)(F)C(F)(F)C(F)(F)C(F)(F)F. The summed E-state index contributed by atoms with van der Waals surface area (Å²) in [7, 11) is 1.02. The molecule has 0 aliphatic rings. The van der Waals surface area contributed by atoms with E-state index >= 15 is 0 Å². The molecular weight excluding hydrogens is 545 g/mol. The van der Waals surface area contributed by atoms with Crippen LogP contribution in [0.25, 0.3) is 0 Å². The van der Waals surface area contributed by atoms with Gasteiger partial charge in [-0.3, -0.25) is 4.79 Å². The summed E-state index contributed by atoms with van der Waals surface area (Å²) in [5.74, 6) is -57.1. The first kappa shape index (κ1) is 33.0. The summed E-state index contributed by atoms with van der Waals surface area (Å²) >= 11 is 0. The molecule has 19 heteroatoms. The minimum Gasteiger partial charge on any atom is -0.342 e. The van der Waals surface area contributed by atoms with Gasteiger partial charge in [0.1, 0.15) is 0 Å². The van der Waals surface area contributed by atoms with Crippen molar-refractivity contribution < 1.29 is 79.4 Å². The van der Waals surface area contributed by atoms with Crippen molar-refractivity contribution in [2.45, 2.75) is 66.9 Å². The zero-order valence-electron chi connectivity index (χ0n) is 16.9. The molecule has 0 aromatic carbocycles. The van der Waals surface area contributed by atoms with E-state index < -0.39 is 79.3 Å². The van der Waals surface area contributed by atoms with Gasteiger partial charge < -0.3 is 4.90 Å². The normalized spacial score (nSPS) is 15.3. The summed E-state index contributed by atoms with van der Waals surface area (Å²) < 4.78 is 223. The average Bonchev–Trinajstić information content (AvgIpc) is 2.68. The monoisotopic (exact) mass is 559 g/mol. The van der Waals surface area contributed by atoms with Crippen molar-refractivity contribution in [1.29, 1.82) is 0 Å². The van der Waals surface area contributed by atoms with Gasteiger partial charge in [0.15, 0.2) is 0 Å². The fourth-order valence-corrected chi connectivity index (χ4v) is 2.32. The summed E-state index contributed by atoms with van der Waals surface area (Å²) in [6, 6.07) is 0. The van der Waals surface area contributed by atoms with E-state index in [1.54, 1.807) is 0 Å². The lowest BCUT2D eigenvalue weighted by molar-refractivity contribution is -0.461. The number of carbonyl (C=O) groups is 1. The van der Waals surface area contributed by atoms with Crippen LogP contribution in [0.5, 0.6) is 0 Å². The summed E-state index contributed by atoms with van der Waals surface area (Å²) in [4.78, 5) is 11.8. The Labute approximate surface area is 184 Å². The molecular formula is C16H14F17NO. The quantitative estimate of drug-likeness (QED) is 0.146. The molecule has 0 aromatic heterocycles. The Morgan fingerprint density at radius 1 is 0.629 bits per heavy atom. The molecule has 2 nitrogen and oxygen atoms in total. The Morgan fingerprint density at radius 3 is 1.31 bits per heavy atom. The molecule has 0 radical (unpaired) electrons. The standard InChI is InChI=1S/C16H14F17NO/c1-3-8(35)34(2)7-5-4-6-9(17,18)10(19,20)11(21,22)12(23,24)13(25,26)14(27,28)15(29,30)16(31,32)33/h3H,1,4-7H2,2H3. The van der Waals surface area contributed by atoms with Crippen molar-refractivity contribution in [3.8, 4) is 0 Å². The molecule has 208 valence electrons. The molecule has 35 heavy (non-hydrogen) atoms. The molecule has 0 N–H and O–H groups in total. The predicted molar refractivity (Wildman–Crippen MR) is 82.4 cm³/mol. The van der Waals surface area contributed by atoms with Gasteiger partial charge in [0, 0.05) is 20.0 Å². The van der Waals surface area contributed by atoms with E-state index in [2.05, 4.69) is 6.58 Å². The van der Waals surface area contributed by atoms with Crippen LogP contribution in [0, 0.1) is 0 Å². The molecule has 0 aromatic rings. The van der Waals surface area contributed by atoms with Gasteiger partial charge in [-0.25, -0.2) is 0 Å². The first-order chi connectivity index (χ1) is 15.1. The molecule has 0 heterocycles. The smallest absolute Gasteiger partial charge is 0.342 e. The zero-order valence-corrected chi connectivity index (χ0v) is 16.9. The second kappa shape index (κ2) is 9.48. The number of unbranched alkanes of at least 4 members (excludes halogenated alkanes) is 1. The van der Waals surface area contributed by atoms with E-state index in [0.29, 0.717) is 6.08 Å². The van der Waals surface area contributed by atoms with Crippen molar-refractivity contribution in [3.05, 3.63) is 12.7 Å². The minimum absolute atomic E-state index is 0.532. The van der Waals surface area contributed by atoms with E-state index in [-0.39, 0.29) is 0 Å². The molecule has 0 saturated heterocycles. The highest BCUT2D eigenvalue weighted by molar-refractivity contribution is 5.86. The molecule has 0 fully saturated rings. The van der Waals surface area contributed by atoms with Gasteiger partial charge in [-0.1, -0.05) is 6.58 Å². The van der Waals surface area contributed by atoms with Gasteiger partial charge in [0.2, 0.25) is 5.91 Å². The fraction of sp³-hybridized carbons (Fsp3) is 0.812. The highest BCUT2D eigenvalue weighted by atomic mass is 19.4. The molecule has 0 rings (SSSR count). The molecule has 0 saturated carbocycles. The first-order valence-electron chi connectivity index (χ1n) is 8.70. The topological polar surface area (TPSA) is 20.3 Å². The molecule has 0 spiro atoms. The lowest BCUT2D eigenvalue weighted by Crippen LogP contribution is -2.74. The third-order valence-corrected chi connectivity index (χ3v) is 4.57. The summed E-state index contributed by atoms with van der Waals surface area (Å²) in [6.45, 7) is 2.48. The van der Waals surface area contributed by atoms with Crippen LogP contribution in [-0.2, 0) is 4.79 Å². The van der Waals surface area contributed by atoms with Crippen molar-refractivity contribution in [2.75, 3.05) is 13.6 Å². The van der Waals surface area contributed by atoms with Crippen LogP contribution in [0.3, 0.4) is 0 Å². The number of nitrogens with zero attached hydrogens (tertiary/aromatic N) is 1. The molecule has 0 aliphatic carbocycles. The largest absolute Gasteiger partial charge is 0.460 e. The Bertz CT molecular complexity index is 771. The third-order valence-electron chi connectivity index (χ3n) is 4.57. The summed E-state index contributed by atoms with van der Waals surface area (Å²) in [5.41, 5.74) is 0. The minimum atomic E-state index is -8.63. The van der Waals surface area contributed by atoms with Gasteiger partial charge in [-0.15, -0.1) is 0 Å². The van der Waals surface area contributed by atoms with E-state index in [9.17, 15) is 79.4 Å². The highest BCUT2D eigenvalue weighted by Crippen LogP contribution is 2.64. The summed E-state index contributed by atoms with van der Waals surface area (Å²) in [6.07, 6.45) is -11.6. The van der Waals surface area contributed by atoms with Crippen molar-refractivity contribution in [1.82, 2.24) is 4.90 Å². The van der Waals surface area contributed by atoms with Crippen LogP contribution >= 0.6 is 0 Å². The predicted octanol–water partition coefficient (Wildman–Crippen LogP) is 6.81. The maximum Gasteiger partial charge on any atom is 0.460 e. The second-order valence-corrected chi connectivity index (χ2v) is 7.07. The van der Waals surface area contributed by atoms with Crippen LogP contribution < -0.4 is 0 Å². The van der Waals surface area contributed by atoms with Gasteiger partial charge >= 0.3 is 47.6 Å². The van der Waals surface area contributed by atoms with Crippen LogP contribution in [0.1, 0.15) is 19.3 Å². The zero-order chi connectivity index (χ0) is 28.7. The number of carbonyl (C=O) groups excluding carboxylic acids is 1. The third kappa shape index (κ3) is 5.13. The van der Waals surface area contributed by atoms with Crippen molar-refractivity contribution in [3.63, 3.8) is 0 Å². The highest BCUT2D eigenvalue weighted by Gasteiger charge is 2.95. The van der Waals surface area contributed by atoms with Crippen molar-refractivity contribution in [2.24, 2.45) is 0 Å². The number of hydrogen-bond acceptors (Lipinski definition) is 1. The van der Waals surface area contributed by atoms with E-state index in [0.717, 1.165) is 11.9 Å². The fourth-order valence-electron chi connectivity index (χ4n) is 2.32. The lowest BCUT2D eigenvalue weighted by Gasteiger charge is -2.42.